The van der Waals surface area contributed by atoms with Gasteiger partial charge in [-0.2, -0.15) is 0 Å². The minimum Gasteiger partial charge on any atom is -0.350 e. The highest BCUT2D eigenvalue weighted by atomic mass is 15.3. The summed E-state index contributed by atoms with van der Waals surface area (Å²) in [6.07, 6.45) is 3.51. The van der Waals surface area contributed by atoms with Crippen molar-refractivity contribution in [1.82, 2.24) is 15.6 Å². The van der Waals surface area contributed by atoms with Gasteiger partial charge < -0.3 is 5.32 Å². The van der Waals surface area contributed by atoms with Gasteiger partial charge in [-0.25, -0.2) is 4.99 Å². The molecular formula is C36H28N4. The fraction of sp³-hybridized carbons (Fsp3) is 0.0556. The Bertz CT molecular complexity index is 1780. The molecule has 6 aromatic rings. The summed E-state index contributed by atoms with van der Waals surface area (Å²) in [7, 11) is 0. The quantitative estimate of drug-likeness (QED) is 0.245. The third kappa shape index (κ3) is 4.66. The highest BCUT2D eigenvalue weighted by Crippen LogP contribution is 2.36. The summed E-state index contributed by atoms with van der Waals surface area (Å²) >= 11 is 0. The molecule has 4 heteroatoms. The van der Waals surface area contributed by atoms with Gasteiger partial charge in [0.2, 0.25) is 0 Å². The maximum atomic E-state index is 5.02. The van der Waals surface area contributed by atoms with E-state index in [0.717, 1.165) is 28.1 Å². The molecule has 2 N–H and O–H groups in total. The van der Waals surface area contributed by atoms with E-state index in [1.807, 2.05) is 42.7 Å². The van der Waals surface area contributed by atoms with E-state index >= 15 is 0 Å². The first-order valence-electron chi connectivity index (χ1n) is 13.6. The highest BCUT2D eigenvalue weighted by molar-refractivity contribution is 6.05. The van der Waals surface area contributed by atoms with Crippen LogP contribution in [-0.2, 0) is 0 Å². The smallest absolute Gasteiger partial charge is 0.131 e. The van der Waals surface area contributed by atoms with Gasteiger partial charge in [-0.3, -0.25) is 10.3 Å². The van der Waals surface area contributed by atoms with Crippen LogP contribution in [0.25, 0.3) is 33.0 Å². The summed E-state index contributed by atoms with van der Waals surface area (Å²) in [5, 5.41) is 9.78. The van der Waals surface area contributed by atoms with E-state index in [2.05, 4.69) is 119 Å². The van der Waals surface area contributed by atoms with E-state index in [1.165, 1.54) is 27.5 Å². The van der Waals surface area contributed by atoms with Crippen molar-refractivity contribution in [2.75, 3.05) is 0 Å². The molecule has 0 radical (unpaired) electrons. The molecule has 0 fully saturated rings. The molecule has 0 saturated heterocycles. The number of amidine groups is 1. The van der Waals surface area contributed by atoms with Gasteiger partial charge in [0.25, 0.3) is 0 Å². The lowest BCUT2D eigenvalue weighted by Crippen LogP contribution is -2.44. The second-order valence-corrected chi connectivity index (χ2v) is 9.97. The number of pyridine rings is 1. The first-order chi connectivity index (χ1) is 19.8. The lowest BCUT2D eigenvalue weighted by atomic mass is 9.92. The average molecular weight is 517 g/mol. The van der Waals surface area contributed by atoms with Crippen LogP contribution in [0.2, 0.25) is 0 Å². The summed E-state index contributed by atoms with van der Waals surface area (Å²) < 4.78 is 0. The number of benzene rings is 5. The number of rotatable bonds is 5. The molecule has 2 atom stereocenters. The maximum Gasteiger partial charge on any atom is 0.131 e. The van der Waals surface area contributed by atoms with E-state index in [4.69, 9.17) is 4.99 Å². The third-order valence-corrected chi connectivity index (χ3v) is 7.48. The Labute approximate surface area is 234 Å². The van der Waals surface area contributed by atoms with E-state index in [9.17, 15) is 0 Å². The fourth-order valence-electron chi connectivity index (χ4n) is 5.46. The van der Waals surface area contributed by atoms with Crippen molar-refractivity contribution in [1.29, 1.82) is 0 Å². The first kappa shape index (κ1) is 24.0. The van der Waals surface area contributed by atoms with E-state index < -0.39 is 0 Å². The monoisotopic (exact) mass is 516 g/mol. The molecule has 0 saturated carbocycles. The van der Waals surface area contributed by atoms with Gasteiger partial charge in [-0.15, -0.1) is 0 Å². The molecule has 2 heterocycles. The Kier molecular flexibility index (Phi) is 6.36. The molecule has 0 aliphatic carbocycles. The van der Waals surface area contributed by atoms with Crippen LogP contribution >= 0.6 is 0 Å². The number of nitrogens with zero attached hydrogens (tertiary/aromatic N) is 2. The molecule has 0 amide bonds. The zero-order chi connectivity index (χ0) is 26.7. The van der Waals surface area contributed by atoms with Crippen molar-refractivity contribution in [2.45, 2.75) is 12.3 Å². The van der Waals surface area contributed by atoms with Crippen LogP contribution in [0.1, 0.15) is 29.0 Å². The van der Waals surface area contributed by atoms with Crippen molar-refractivity contribution >= 4 is 16.6 Å². The predicted octanol–water partition coefficient (Wildman–Crippen LogP) is 7.91. The number of aromatic nitrogens is 1. The molecule has 5 aromatic carbocycles. The fourth-order valence-corrected chi connectivity index (χ4v) is 5.46. The van der Waals surface area contributed by atoms with Gasteiger partial charge in [-0.1, -0.05) is 127 Å². The topological polar surface area (TPSA) is 49.3 Å². The van der Waals surface area contributed by atoms with Crippen LogP contribution in [0.5, 0.6) is 0 Å². The van der Waals surface area contributed by atoms with Crippen molar-refractivity contribution in [3.63, 3.8) is 0 Å². The Hall–Kier alpha value is -5.06. The highest BCUT2D eigenvalue weighted by Gasteiger charge is 2.25. The second kappa shape index (κ2) is 10.6. The molecule has 2 unspecified atom stereocenters. The maximum absolute atomic E-state index is 5.02. The Morgan fingerprint density at radius 2 is 1.12 bits per heavy atom. The zero-order valence-corrected chi connectivity index (χ0v) is 21.9. The van der Waals surface area contributed by atoms with Crippen LogP contribution in [0, 0.1) is 0 Å². The minimum absolute atomic E-state index is 0.0864. The largest absolute Gasteiger partial charge is 0.350 e. The van der Waals surface area contributed by atoms with Crippen LogP contribution in [0.15, 0.2) is 151 Å². The van der Waals surface area contributed by atoms with E-state index in [1.54, 1.807) is 0 Å². The molecular weight excluding hydrogens is 488 g/mol. The summed E-state index contributed by atoms with van der Waals surface area (Å²) in [5.41, 5.74) is 8.09. The lowest BCUT2D eigenvalue weighted by Gasteiger charge is -2.32. The molecule has 7 rings (SSSR count). The molecule has 1 aliphatic heterocycles. The van der Waals surface area contributed by atoms with Crippen molar-refractivity contribution < 1.29 is 0 Å². The summed E-state index contributed by atoms with van der Waals surface area (Å²) in [5.74, 6) is 0.888. The standard InChI is InChI=1S/C36H28N4/c1-3-10-26(11-4-1)34-38-35(27-12-5-2-6-13-27)40-36(39-34)28-19-17-25(18-20-28)30-21-22-31(29-14-9-23-37-24-29)33-16-8-7-15-32(30)33/h1-24,34,36,39H,(H,38,40). The lowest BCUT2D eigenvalue weighted by molar-refractivity contribution is 0.409. The van der Waals surface area contributed by atoms with E-state index in [-0.39, 0.29) is 12.3 Å². The molecule has 1 aliphatic rings. The third-order valence-electron chi connectivity index (χ3n) is 7.48. The summed E-state index contributed by atoms with van der Waals surface area (Å²) in [4.78, 5) is 9.35. The minimum atomic E-state index is -0.147. The molecule has 0 spiro atoms. The number of aliphatic imine (C=N–C) groups is 1. The van der Waals surface area contributed by atoms with Crippen LogP contribution in [-0.4, -0.2) is 10.8 Å². The average Bonchev–Trinajstić information content (AvgIpc) is 3.05. The SMILES string of the molecule is c1ccc(C2=NC(c3ccccc3)NC(c3ccc(-c4ccc(-c5cccnc5)c5ccccc45)cc3)N2)cc1. The number of hydrogen-bond acceptors (Lipinski definition) is 4. The zero-order valence-electron chi connectivity index (χ0n) is 21.9. The molecule has 192 valence electrons. The molecule has 0 bridgehead atoms. The molecule has 4 nitrogen and oxygen atoms in total. The predicted molar refractivity (Wildman–Crippen MR) is 164 cm³/mol. The van der Waals surface area contributed by atoms with Crippen molar-refractivity contribution in [3.05, 3.63) is 163 Å². The summed E-state index contributed by atoms with van der Waals surface area (Å²) in [6, 6.07) is 46.7. The van der Waals surface area contributed by atoms with Crippen LogP contribution in [0.4, 0.5) is 0 Å². The number of fused-ring (bicyclic) bond motifs is 1. The van der Waals surface area contributed by atoms with Crippen LogP contribution < -0.4 is 10.6 Å². The van der Waals surface area contributed by atoms with Crippen LogP contribution in [0.3, 0.4) is 0 Å². The second-order valence-electron chi connectivity index (χ2n) is 9.97. The Morgan fingerprint density at radius 1 is 0.500 bits per heavy atom. The Morgan fingerprint density at radius 3 is 1.80 bits per heavy atom. The van der Waals surface area contributed by atoms with Crippen molar-refractivity contribution in [3.8, 4) is 22.3 Å². The summed E-state index contributed by atoms with van der Waals surface area (Å²) in [6.45, 7) is 0. The Balaban J connectivity index is 1.23. The normalized spacial score (nSPS) is 16.8. The van der Waals surface area contributed by atoms with Gasteiger partial charge in [-0.05, 0) is 44.7 Å². The van der Waals surface area contributed by atoms with Gasteiger partial charge in [0.15, 0.2) is 0 Å². The van der Waals surface area contributed by atoms with Gasteiger partial charge >= 0.3 is 0 Å². The van der Waals surface area contributed by atoms with Gasteiger partial charge in [0, 0.05) is 23.5 Å². The van der Waals surface area contributed by atoms with Gasteiger partial charge in [0.05, 0.1) is 0 Å². The van der Waals surface area contributed by atoms with Gasteiger partial charge in [0.1, 0.15) is 18.2 Å². The van der Waals surface area contributed by atoms with Crippen molar-refractivity contribution in [2.24, 2.45) is 4.99 Å². The van der Waals surface area contributed by atoms with E-state index in [0.29, 0.717) is 0 Å². The first-order valence-corrected chi connectivity index (χ1v) is 13.6. The number of hydrogen-bond donors (Lipinski definition) is 2. The number of nitrogens with one attached hydrogen (secondary N) is 2. The molecule has 1 aromatic heterocycles. The molecule has 40 heavy (non-hydrogen) atoms.